The van der Waals surface area contributed by atoms with Gasteiger partial charge in [-0.2, -0.15) is 0 Å². The molecule has 2 nitrogen and oxygen atoms in total. The van der Waals surface area contributed by atoms with E-state index in [1.54, 1.807) is 22.7 Å². The summed E-state index contributed by atoms with van der Waals surface area (Å²) in [5.41, 5.74) is 2.34. The molecule has 0 aliphatic carbocycles. The zero-order valence-corrected chi connectivity index (χ0v) is 13.0. The van der Waals surface area contributed by atoms with Crippen molar-refractivity contribution >= 4 is 22.7 Å². The van der Waals surface area contributed by atoms with Crippen LogP contribution >= 0.6 is 22.7 Å². The van der Waals surface area contributed by atoms with E-state index in [9.17, 15) is 0 Å². The molecule has 2 heterocycles. The Morgan fingerprint density at radius 3 is 2.60 bits per heavy atom. The highest BCUT2D eigenvalue weighted by molar-refractivity contribution is 7.13. The van der Waals surface area contributed by atoms with Gasteiger partial charge in [-0.05, 0) is 18.5 Å². The van der Waals surface area contributed by atoms with Gasteiger partial charge in [0.1, 0.15) is 5.01 Å². The van der Waals surface area contributed by atoms with Gasteiger partial charge in [-0.15, -0.1) is 22.7 Å². The molecule has 0 unspecified atom stereocenters. The predicted molar refractivity (Wildman–Crippen MR) is 87.0 cm³/mol. The first-order chi connectivity index (χ1) is 9.81. The molecule has 0 aliphatic heterocycles. The summed E-state index contributed by atoms with van der Waals surface area (Å²) in [6.45, 7) is 1.87. The van der Waals surface area contributed by atoms with Crippen molar-refractivity contribution in [3.05, 3.63) is 63.8 Å². The van der Waals surface area contributed by atoms with E-state index in [0.29, 0.717) is 0 Å². The van der Waals surface area contributed by atoms with Crippen LogP contribution in [0.5, 0.6) is 0 Å². The fraction of sp³-hybridized carbons (Fsp3) is 0.188. The van der Waals surface area contributed by atoms with Gasteiger partial charge >= 0.3 is 0 Å². The number of benzene rings is 1. The number of rotatable bonds is 5. The summed E-state index contributed by atoms with van der Waals surface area (Å²) in [5.74, 6) is 0. The van der Waals surface area contributed by atoms with Crippen LogP contribution in [0.4, 0.5) is 0 Å². The van der Waals surface area contributed by atoms with E-state index in [2.05, 4.69) is 59.1 Å². The Hall–Kier alpha value is -1.49. The summed E-state index contributed by atoms with van der Waals surface area (Å²) in [6, 6.07) is 14.6. The lowest BCUT2D eigenvalue weighted by molar-refractivity contribution is 0.319. The van der Waals surface area contributed by atoms with Crippen molar-refractivity contribution < 1.29 is 0 Å². The summed E-state index contributed by atoms with van der Waals surface area (Å²) in [7, 11) is 2.14. The number of nitrogens with zero attached hydrogens (tertiary/aromatic N) is 2. The second-order valence-corrected chi connectivity index (χ2v) is 6.65. The maximum absolute atomic E-state index is 4.73. The largest absolute Gasteiger partial charge is 0.295 e. The average Bonchev–Trinajstić information content (AvgIpc) is 3.11. The predicted octanol–water partition coefficient (Wildman–Crippen LogP) is 4.50. The molecule has 3 aromatic rings. The van der Waals surface area contributed by atoms with Gasteiger partial charge in [-0.1, -0.05) is 36.4 Å². The molecule has 0 aliphatic rings. The van der Waals surface area contributed by atoms with Gasteiger partial charge in [0.05, 0.1) is 5.69 Å². The van der Waals surface area contributed by atoms with Crippen LogP contribution in [0.25, 0.3) is 10.6 Å². The molecule has 1 aromatic carbocycles. The zero-order valence-electron chi connectivity index (χ0n) is 11.3. The van der Waals surface area contributed by atoms with Crippen molar-refractivity contribution in [3.8, 4) is 10.6 Å². The fourth-order valence-corrected chi connectivity index (χ4v) is 3.69. The normalized spacial score (nSPS) is 11.1. The quantitative estimate of drug-likeness (QED) is 0.689. The van der Waals surface area contributed by atoms with Crippen LogP contribution in [0.2, 0.25) is 0 Å². The summed E-state index contributed by atoms with van der Waals surface area (Å²) >= 11 is 3.52. The molecule has 0 radical (unpaired) electrons. The Balaban J connectivity index is 1.65. The molecule has 0 amide bonds. The summed E-state index contributed by atoms with van der Waals surface area (Å²) in [6.07, 6.45) is 0. The zero-order chi connectivity index (χ0) is 13.8. The average molecular weight is 300 g/mol. The fourth-order valence-electron chi connectivity index (χ4n) is 2.09. The van der Waals surface area contributed by atoms with E-state index in [0.717, 1.165) is 23.8 Å². The van der Waals surface area contributed by atoms with Crippen molar-refractivity contribution in [2.24, 2.45) is 0 Å². The SMILES string of the molecule is CN(Cc1csc(-c2ccccc2)n1)Cc1cccs1. The molecule has 0 saturated heterocycles. The van der Waals surface area contributed by atoms with Gasteiger partial charge in [-0.3, -0.25) is 4.90 Å². The maximum atomic E-state index is 4.73. The summed E-state index contributed by atoms with van der Waals surface area (Å²) in [5, 5.41) is 5.39. The topological polar surface area (TPSA) is 16.1 Å². The molecule has 0 saturated carbocycles. The molecule has 0 bridgehead atoms. The summed E-state index contributed by atoms with van der Waals surface area (Å²) in [4.78, 5) is 8.43. The van der Waals surface area contributed by atoms with Gasteiger partial charge in [0.25, 0.3) is 0 Å². The minimum absolute atomic E-state index is 0.890. The van der Waals surface area contributed by atoms with Crippen LogP contribution in [0.1, 0.15) is 10.6 Å². The lowest BCUT2D eigenvalue weighted by Crippen LogP contribution is -2.16. The van der Waals surface area contributed by atoms with Gasteiger partial charge in [-0.25, -0.2) is 4.98 Å². The second kappa shape index (κ2) is 6.31. The standard InChI is InChI=1S/C16H16N2S2/c1-18(11-15-8-5-9-19-15)10-14-12-20-16(17-14)13-6-3-2-4-7-13/h2-9,12H,10-11H2,1H3. The Kier molecular flexibility index (Phi) is 4.25. The summed E-state index contributed by atoms with van der Waals surface area (Å²) < 4.78 is 0. The van der Waals surface area contributed by atoms with E-state index in [4.69, 9.17) is 4.98 Å². The third kappa shape index (κ3) is 3.33. The van der Waals surface area contributed by atoms with Crippen LogP contribution < -0.4 is 0 Å². The molecular weight excluding hydrogens is 284 g/mol. The number of hydrogen-bond donors (Lipinski definition) is 0. The number of aromatic nitrogens is 1. The first kappa shape index (κ1) is 13.5. The van der Waals surface area contributed by atoms with Gasteiger partial charge in [0, 0.05) is 28.9 Å². The molecule has 0 N–H and O–H groups in total. The van der Waals surface area contributed by atoms with Crippen LogP contribution in [0, 0.1) is 0 Å². The van der Waals surface area contributed by atoms with E-state index in [-0.39, 0.29) is 0 Å². The number of thiophene rings is 1. The first-order valence-electron chi connectivity index (χ1n) is 6.52. The lowest BCUT2D eigenvalue weighted by atomic mass is 10.2. The highest BCUT2D eigenvalue weighted by Crippen LogP contribution is 2.24. The number of thiazole rings is 1. The van der Waals surface area contributed by atoms with Crippen LogP contribution in [0.3, 0.4) is 0 Å². The molecule has 0 fully saturated rings. The van der Waals surface area contributed by atoms with Crippen molar-refractivity contribution in [1.29, 1.82) is 0 Å². The highest BCUT2D eigenvalue weighted by Gasteiger charge is 2.07. The van der Waals surface area contributed by atoms with Crippen molar-refractivity contribution in [1.82, 2.24) is 9.88 Å². The third-order valence-electron chi connectivity index (χ3n) is 3.01. The van der Waals surface area contributed by atoms with Crippen molar-refractivity contribution in [2.45, 2.75) is 13.1 Å². The molecular formula is C16H16N2S2. The molecule has 3 rings (SSSR count). The Bertz CT molecular complexity index is 644. The van der Waals surface area contributed by atoms with Crippen molar-refractivity contribution in [2.75, 3.05) is 7.05 Å². The van der Waals surface area contributed by atoms with E-state index >= 15 is 0 Å². The van der Waals surface area contributed by atoms with Gasteiger partial charge in [0.15, 0.2) is 0 Å². The Labute approximate surface area is 127 Å². The molecule has 2 aromatic heterocycles. The Morgan fingerprint density at radius 1 is 1.00 bits per heavy atom. The van der Waals surface area contributed by atoms with E-state index in [1.807, 2.05) is 6.07 Å². The minimum Gasteiger partial charge on any atom is -0.295 e. The number of hydrogen-bond acceptors (Lipinski definition) is 4. The highest BCUT2D eigenvalue weighted by atomic mass is 32.1. The first-order valence-corrected chi connectivity index (χ1v) is 8.28. The van der Waals surface area contributed by atoms with Crippen molar-refractivity contribution in [3.63, 3.8) is 0 Å². The maximum Gasteiger partial charge on any atom is 0.123 e. The van der Waals surface area contributed by atoms with E-state index in [1.165, 1.54) is 10.4 Å². The third-order valence-corrected chi connectivity index (χ3v) is 4.81. The van der Waals surface area contributed by atoms with Crippen LogP contribution in [-0.4, -0.2) is 16.9 Å². The van der Waals surface area contributed by atoms with Gasteiger partial charge < -0.3 is 0 Å². The van der Waals surface area contributed by atoms with Crippen LogP contribution in [0.15, 0.2) is 53.2 Å². The molecule has 0 spiro atoms. The molecule has 0 atom stereocenters. The van der Waals surface area contributed by atoms with E-state index < -0.39 is 0 Å². The molecule has 4 heteroatoms. The lowest BCUT2D eigenvalue weighted by Gasteiger charge is -2.13. The second-order valence-electron chi connectivity index (χ2n) is 4.76. The Morgan fingerprint density at radius 2 is 1.85 bits per heavy atom. The monoisotopic (exact) mass is 300 g/mol. The smallest absolute Gasteiger partial charge is 0.123 e. The van der Waals surface area contributed by atoms with Gasteiger partial charge in [0.2, 0.25) is 0 Å². The molecule has 102 valence electrons. The van der Waals surface area contributed by atoms with Crippen LogP contribution in [-0.2, 0) is 13.1 Å². The molecule has 20 heavy (non-hydrogen) atoms. The minimum atomic E-state index is 0.890.